The summed E-state index contributed by atoms with van der Waals surface area (Å²) in [6.07, 6.45) is 0. The maximum Gasteiger partial charge on any atom is 0.0354 e. The fourth-order valence-electron chi connectivity index (χ4n) is 2.39. The molecule has 0 aliphatic heterocycles. The highest BCUT2D eigenvalue weighted by Gasteiger charge is 2.05. The van der Waals surface area contributed by atoms with Crippen LogP contribution in [0, 0.1) is 0 Å². The highest BCUT2D eigenvalue weighted by molar-refractivity contribution is 7.99. The molecule has 0 aliphatic rings. The SMILES string of the molecule is c1ccc2cc(Sc3csc4ccccc34)ccc2c1. The van der Waals surface area contributed by atoms with Crippen molar-refractivity contribution in [2.24, 2.45) is 0 Å². The molecule has 0 saturated heterocycles. The van der Waals surface area contributed by atoms with Crippen molar-refractivity contribution in [2.45, 2.75) is 9.79 Å². The zero-order valence-electron chi connectivity index (χ0n) is 10.7. The Bertz CT molecular complexity index is 890. The van der Waals surface area contributed by atoms with Crippen LogP contribution in [0.4, 0.5) is 0 Å². The smallest absolute Gasteiger partial charge is 0.0354 e. The minimum Gasteiger partial charge on any atom is -0.143 e. The van der Waals surface area contributed by atoms with Crippen LogP contribution in [0.5, 0.6) is 0 Å². The standard InChI is InChI=1S/C18H12S2/c1-2-6-14-11-15(10-9-13(14)5-1)20-18-12-19-17-8-4-3-7-16(17)18/h1-12H. The molecular formula is C18H12S2. The van der Waals surface area contributed by atoms with Gasteiger partial charge in [-0.05, 0) is 29.0 Å². The largest absolute Gasteiger partial charge is 0.143 e. The minimum absolute atomic E-state index is 1.30. The van der Waals surface area contributed by atoms with Crippen molar-refractivity contribution in [2.75, 3.05) is 0 Å². The van der Waals surface area contributed by atoms with E-state index in [1.165, 1.54) is 30.6 Å². The van der Waals surface area contributed by atoms with Gasteiger partial charge in [-0.1, -0.05) is 60.3 Å². The number of fused-ring (bicyclic) bond motifs is 2. The molecule has 0 saturated carbocycles. The topological polar surface area (TPSA) is 0 Å². The predicted octanol–water partition coefficient (Wildman–Crippen LogP) is 6.21. The summed E-state index contributed by atoms with van der Waals surface area (Å²) in [6.45, 7) is 0. The van der Waals surface area contributed by atoms with E-state index in [0.29, 0.717) is 0 Å². The molecule has 0 radical (unpaired) electrons. The Morgan fingerprint density at radius 1 is 0.750 bits per heavy atom. The van der Waals surface area contributed by atoms with Crippen LogP contribution in [0.1, 0.15) is 0 Å². The molecule has 0 bridgehead atoms. The highest BCUT2D eigenvalue weighted by atomic mass is 32.2. The van der Waals surface area contributed by atoms with Crippen LogP contribution in [0.25, 0.3) is 20.9 Å². The van der Waals surface area contributed by atoms with E-state index < -0.39 is 0 Å². The van der Waals surface area contributed by atoms with E-state index in [1.54, 1.807) is 0 Å². The van der Waals surface area contributed by atoms with E-state index in [2.05, 4.69) is 72.1 Å². The van der Waals surface area contributed by atoms with Crippen LogP contribution in [0.3, 0.4) is 0 Å². The number of hydrogen-bond donors (Lipinski definition) is 0. The zero-order valence-corrected chi connectivity index (χ0v) is 12.4. The van der Waals surface area contributed by atoms with Gasteiger partial charge in [0, 0.05) is 25.3 Å². The third-order valence-electron chi connectivity index (χ3n) is 3.39. The third kappa shape index (κ3) is 2.11. The summed E-state index contributed by atoms with van der Waals surface area (Å²) < 4.78 is 1.36. The lowest BCUT2D eigenvalue weighted by Crippen LogP contribution is -1.75. The molecular weight excluding hydrogens is 280 g/mol. The molecule has 2 heteroatoms. The quantitative estimate of drug-likeness (QED) is 0.423. The van der Waals surface area contributed by atoms with Gasteiger partial charge in [-0.15, -0.1) is 11.3 Å². The van der Waals surface area contributed by atoms with Crippen LogP contribution in [0.15, 0.2) is 81.9 Å². The maximum atomic E-state index is 2.27. The lowest BCUT2D eigenvalue weighted by atomic mass is 10.1. The molecule has 96 valence electrons. The number of hydrogen-bond acceptors (Lipinski definition) is 2. The summed E-state index contributed by atoms with van der Waals surface area (Å²) in [7, 11) is 0. The fraction of sp³-hybridized carbons (Fsp3) is 0. The van der Waals surface area contributed by atoms with Gasteiger partial charge in [-0.2, -0.15) is 0 Å². The van der Waals surface area contributed by atoms with Gasteiger partial charge in [0.2, 0.25) is 0 Å². The molecule has 1 aromatic heterocycles. The molecule has 0 unspecified atom stereocenters. The molecule has 0 amide bonds. The van der Waals surface area contributed by atoms with E-state index in [4.69, 9.17) is 0 Å². The first-order chi connectivity index (χ1) is 9.90. The van der Waals surface area contributed by atoms with E-state index in [-0.39, 0.29) is 0 Å². The van der Waals surface area contributed by atoms with Gasteiger partial charge in [-0.25, -0.2) is 0 Å². The van der Waals surface area contributed by atoms with Crippen LogP contribution >= 0.6 is 23.1 Å². The van der Waals surface area contributed by atoms with Crippen LogP contribution in [-0.4, -0.2) is 0 Å². The Morgan fingerprint density at radius 2 is 1.55 bits per heavy atom. The Morgan fingerprint density at radius 3 is 2.50 bits per heavy atom. The van der Waals surface area contributed by atoms with Crippen molar-refractivity contribution in [3.05, 3.63) is 72.1 Å². The molecule has 0 N–H and O–H groups in total. The van der Waals surface area contributed by atoms with Gasteiger partial charge in [0.25, 0.3) is 0 Å². The molecule has 1 heterocycles. The first-order valence-corrected chi connectivity index (χ1v) is 8.23. The molecule has 0 aliphatic carbocycles. The molecule has 20 heavy (non-hydrogen) atoms. The molecule has 0 fully saturated rings. The number of benzene rings is 3. The fourth-order valence-corrected chi connectivity index (χ4v) is 4.48. The predicted molar refractivity (Wildman–Crippen MR) is 89.9 cm³/mol. The van der Waals surface area contributed by atoms with Crippen LogP contribution in [0.2, 0.25) is 0 Å². The summed E-state index contributed by atoms with van der Waals surface area (Å²) >= 11 is 3.66. The average molecular weight is 292 g/mol. The normalized spacial score (nSPS) is 11.2. The summed E-state index contributed by atoms with van der Waals surface area (Å²) in [5.41, 5.74) is 0. The van der Waals surface area contributed by atoms with Crippen molar-refractivity contribution in [1.82, 2.24) is 0 Å². The van der Waals surface area contributed by atoms with Gasteiger partial charge in [-0.3, -0.25) is 0 Å². The van der Waals surface area contributed by atoms with Gasteiger partial charge in [0.15, 0.2) is 0 Å². The van der Waals surface area contributed by atoms with Crippen molar-refractivity contribution >= 4 is 44.0 Å². The average Bonchev–Trinajstić information content (AvgIpc) is 2.91. The van der Waals surface area contributed by atoms with Gasteiger partial charge >= 0.3 is 0 Å². The summed E-state index contributed by atoms with van der Waals surface area (Å²) in [6, 6.07) is 23.8. The van der Waals surface area contributed by atoms with Crippen LogP contribution < -0.4 is 0 Å². The molecule has 0 spiro atoms. The van der Waals surface area contributed by atoms with Gasteiger partial charge < -0.3 is 0 Å². The van der Waals surface area contributed by atoms with Gasteiger partial charge in [0.1, 0.15) is 0 Å². The van der Waals surface area contributed by atoms with E-state index >= 15 is 0 Å². The molecule has 4 rings (SSSR count). The number of thiophene rings is 1. The Kier molecular flexibility index (Phi) is 2.98. The van der Waals surface area contributed by atoms with Crippen molar-refractivity contribution in [3.8, 4) is 0 Å². The Labute approximate surface area is 126 Å². The number of rotatable bonds is 2. The first-order valence-electron chi connectivity index (χ1n) is 6.53. The van der Waals surface area contributed by atoms with E-state index in [0.717, 1.165) is 0 Å². The molecule has 4 aromatic rings. The summed E-state index contributed by atoms with van der Waals surface area (Å²) in [5.74, 6) is 0. The summed E-state index contributed by atoms with van der Waals surface area (Å²) in [5, 5.41) is 6.21. The monoisotopic (exact) mass is 292 g/mol. The van der Waals surface area contributed by atoms with E-state index in [1.807, 2.05) is 23.1 Å². The Balaban J connectivity index is 1.76. The molecule has 3 aromatic carbocycles. The van der Waals surface area contributed by atoms with Crippen molar-refractivity contribution in [1.29, 1.82) is 0 Å². The molecule has 0 atom stereocenters. The second-order valence-electron chi connectivity index (χ2n) is 4.71. The summed E-state index contributed by atoms with van der Waals surface area (Å²) in [4.78, 5) is 2.65. The lowest BCUT2D eigenvalue weighted by Gasteiger charge is -2.03. The highest BCUT2D eigenvalue weighted by Crippen LogP contribution is 2.38. The first kappa shape index (κ1) is 12.0. The lowest BCUT2D eigenvalue weighted by molar-refractivity contribution is 1.49. The minimum atomic E-state index is 1.30. The second kappa shape index (κ2) is 4.97. The zero-order chi connectivity index (χ0) is 13.4. The maximum absolute atomic E-state index is 2.27. The second-order valence-corrected chi connectivity index (χ2v) is 6.73. The third-order valence-corrected chi connectivity index (χ3v) is 5.55. The Hall–Kier alpha value is -1.77. The van der Waals surface area contributed by atoms with Crippen LogP contribution in [-0.2, 0) is 0 Å². The molecule has 0 nitrogen and oxygen atoms in total. The van der Waals surface area contributed by atoms with E-state index in [9.17, 15) is 0 Å². The van der Waals surface area contributed by atoms with Crippen molar-refractivity contribution < 1.29 is 0 Å². The van der Waals surface area contributed by atoms with Gasteiger partial charge in [0.05, 0.1) is 0 Å². The van der Waals surface area contributed by atoms with Crippen molar-refractivity contribution in [3.63, 3.8) is 0 Å².